The van der Waals surface area contributed by atoms with Gasteiger partial charge in [0.25, 0.3) is 23.4 Å². The molecule has 2 bridgehead atoms. The van der Waals surface area contributed by atoms with Gasteiger partial charge < -0.3 is 4.74 Å². The highest BCUT2D eigenvalue weighted by molar-refractivity contribution is 9.12. The fourth-order valence-electron chi connectivity index (χ4n) is 5.68. The first-order valence-corrected chi connectivity index (χ1v) is 13.4. The number of rotatable bonds is 7. The second-order valence-corrected chi connectivity index (χ2v) is 11.4. The Morgan fingerprint density at radius 2 is 1.49 bits per heavy atom. The summed E-state index contributed by atoms with van der Waals surface area (Å²) < 4.78 is 5.12. The fourth-order valence-corrected chi connectivity index (χ4v) is 7.56. The number of carbonyl (C=O) groups is 4. The predicted molar refractivity (Wildman–Crippen MR) is 137 cm³/mol. The van der Waals surface area contributed by atoms with Crippen molar-refractivity contribution in [3.05, 3.63) is 69.8 Å². The summed E-state index contributed by atoms with van der Waals surface area (Å²) in [5, 5.41) is 12.7. The highest BCUT2D eigenvalue weighted by Gasteiger charge is 2.67. The Kier molecular flexibility index (Phi) is 6.65. The second-order valence-electron chi connectivity index (χ2n) is 9.31. The third kappa shape index (κ3) is 4.15. The van der Waals surface area contributed by atoms with Crippen LogP contribution in [-0.2, 0) is 9.59 Å². The van der Waals surface area contributed by atoms with Crippen molar-refractivity contribution in [2.45, 2.75) is 16.1 Å². The SMILES string of the molecule is COc1ccc(C(=O)CN(C(=O)c2ccc([N+](=O)[O-])cc2)N2C(=O)[C@@H]3[C@H]4C[C@@H]([C@H](Br)[C@H]4Br)[C@@H]3C2=O)cc1. The zero-order valence-corrected chi connectivity index (χ0v) is 22.6. The van der Waals surface area contributed by atoms with Gasteiger partial charge in [-0.15, -0.1) is 0 Å². The van der Waals surface area contributed by atoms with Gasteiger partial charge in [-0.2, -0.15) is 5.01 Å². The molecule has 192 valence electrons. The summed E-state index contributed by atoms with van der Waals surface area (Å²) in [6.07, 6.45) is 0.716. The summed E-state index contributed by atoms with van der Waals surface area (Å²) >= 11 is 7.28. The molecule has 3 fully saturated rings. The normalized spacial score (nSPS) is 27.8. The van der Waals surface area contributed by atoms with E-state index in [1.165, 1.54) is 31.4 Å². The van der Waals surface area contributed by atoms with E-state index in [1.54, 1.807) is 12.1 Å². The van der Waals surface area contributed by atoms with E-state index >= 15 is 0 Å². The van der Waals surface area contributed by atoms with Crippen LogP contribution in [0.4, 0.5) is 5.69 Å². The first kappa shape index (κ1) is 25.5. The summed E-state index contributed by atoms with van der Waals surface area (Å²) in [4.78, 5) is 64.5. The van der Waals surface area contributed by atoms with Gasteiger partial charge in [0.1, 0.15) is 12.3 Å². The number of benzene rings is 2. The number of hydrogen-bond donors (Lipinski definition) is 0. The van der Waals surface area contributed by atoms with E-state index in [4.69, 9.17) is 4.74 Å². The number of Topliss-reactive ketones (excluding diaryl/α,β-unsaturated/α-hetero) is 1. The molecule has 1 saturated heterocycles. The largest absolute Gasteiger partial charge is 0.497 e. The quantitative estimate of drug-likeness (QED) is 0.150. The molecule has 12 heteroatoms. The van der Waals surface area contributed by atoms with Gasteiger partial charge >= 0.3 is 0 Å². The Labute approximate surface area is 228 Å². The smallest absolute Gasteiger partial charge is 0.273 e. The molecule has 0 spiro atoms. The summed E-state index contributed by atoms with van der Waals surface area (Å²) in [5.41, 5.74) is 0.0526. The average Bonchev–Trinajstić information content (AvgIpc) is 3.51. The predicted octanol–water partition coefficient (Wildman–Crippen LogP) is 3.62. The van der Waals surface area contributed by atoms with Crippen molar-refractivity contribution in [1.29, 1.82) is 0 Å². The Morgan fingerprint density at radius 3 is 1.97 bits per heavy atom. The first-order chi connectivity index (χ1) is 17.6. The molecule has 3 aliphatic rings. The summed E-state index contributed by atoms with van der Waals surface area (Å²) in [5.74, 6) is -3.07. The molecule has 0 unspecified atom stereocenters. The standard InChI is InChI=1S/C25H21Br2N3O7/c1-37-15-8-4-12(5-9-15)18(31)11-28(23(32)13-2-6-14(7-3-13)30(35)36)29-24(33)19-16-10-17(20(19)25(29)34)22(27)21(16)26/h2-9,16-17,19-22H,10-11H2,1H3/t16-,17-,19-,20+,21+,22+/m1/s1. The van der Waals surface area contributed by atoms with Crippen molar-refractivity contribution in [2.24, 2.45) is 23.7 Å². The second kappa shape index (κ2) is 9.64. The molecule has 6 atom stereocenters. The number of fused-ring (bicyclic) bond motifs is 5. The fraction of sp³-hybridized carbons (Fsp3) is 0.360. The number of ether oxygens (including phenoxy) is 1. The molecule has 2 saturated carbocycles. The molecule has 1 aliphatic heterocycles. The van der Waals surface area contributed by atoms with Gasteiger partial charge in [0.2, 0.25) is 0 Å². The molecule has 10 nitrogen and oxygen atoms in total. The molecule has 37 heavy (non-hydrogen) atoms. The number of methoxy groups -OCH3 is 1. The van der Waals surface area contributed by atoms with Crippen molar-refractivity contribution in [3.63, 3.8) is 0 Å². The summed E-state index contributed by atoms with van der Waals surface area (Å²) in [6, 6.07) is 11.0. The van der Waals surface area contributed by atoms with E-state index in [9.17, 15) is 29.3 Å². The van der Waals surface area contributed by atoms with Gasteiger partial charge in [-0.3, -0.25) is 29.3 Å². The maximum Gasteiger partial charge on any atom is 0.273 e. The third-order valence-corrected chi connectivity index (χ3v) is 10.7. The minimum absolute atomic E-state index is 0.00509. The zero-order chi connectivity index (χ0) is 26.6. The van der Waals surface area contributed by atoms with Crippen LogP contribution in [0.1, 0.15) is 27.1 Å². The van der Waals surface area contributed by atoms with Crippen LogP contribution in [0.2, 0.25) is 0 Å². The van der Waals surface area contributed by atoms with Gasteiger partial charge in [0, 0.05) is 32.9 Å². The lowest BCUT2D eigenvalue weighted by Crippen LogP contribution is -2.52. The highest BCUT2D eigenvalue weighted by Crippen LogP contribution is 2.60. The lowest BCUT2D eigenvalue weighted by Gasteiger charge is -2.30. The molecule has 1 heterocycles. The molecule has 2 aromatic rings. The lowest BCUT2D eigenvalue weighted by molar-refractivity contribution is -0.384. The Bertz CT molecular complexity index is 1270. The highest BCUT2D eigenvalue weighted by atomic mass is 79.9. The topological polar surface area (TPSA) is 127 Å². The van der Waals surface area contributed by atoms with Gasteiger partial charge in [-0.25, -0.2) is 5.01 Å². The van der Waals surface area contributed by atoms with Gasteiger partial charge in [-0.05, 0) is 54.7 Å². The van der Waals surface area contributed by atoms with Crippen LogP contribution >= 0.6 is 31.9 Å². The number of halogens is 2. The van der Waals surface area contributed by atoms with Gasteiger partial charge in [0.15, 0.2) is 5.78 Å². The Hall–Kier alpha value is -3.12. The van der Waals surface area contributed by atoms with E-state index < -0.39 is 46.8 Å². The van der Waals surface area contributed by atoms with Gasteiger partial charge in [-0.1, -0.05) is 31.9 Å². The summed E-state index contributed by atoms with van der Waals surface area (Å²) in [7, 11) is 1.49. The monoisotopic (exact) mass is 633 g/mol. The molecule has 2 aromatic carbocycles. The van der Waals surface area contributed by atoms with E-state index in [0.717, 1.165) is 22.2 Å². The minimum Gasteiger partial charge on any atom is -0.497 e. The van der Waals surface area contributed by atoms with E-state index in [0.29, 0.717) is 12.2 Å². The maximum atomic E-state index is 13.6. The van der Waals surface area contributed by atoms with E-state index in [1.807, 2.05) is 0 Å². The van der Waals surface area contributed by atoms with Crippen molar-refractivity contribution in [2.75, 3.05) is 13.7 Å². The van der Waals surface area contributed by atoms with Crippen molar-refractivity contribution < 1.29 is 28.8 Å². The number of ketones is 1. The Morgan fingerprint density at radius 1 is 0.973 bits per heavy atom. The van der Waals surface area contributed by atoms with Crippen LogP contribution in [-0.4, -0.2) is 61.8 Å². The number of nitrogens with zero attached hydrogens (tertiary/aromatic N) is 3. The number of hydrogen-bond acceptors (Lipinski definition) is 7. The number of imide groups is 1. The molecular weight excluding hydrogens is 614 g/mol. The van der Waals surface area contributed by atoms with Crippen LogP contribution < -0.4 is 4.74 Å². The number of amides is 3. The van der Waals surface area contributed by atoms with Crippen LogP contribution in [0.25, 0.3) is 0 Å². The first-order valence-electron chi connectivity index (χ1n) is 11.5. The molecule has 3 amide bonds. The number of carbonyl (C=O) groups excluding carboxylic acids is 4. The van der Waals surface area contributed by atoms with Crippen LogP contribution in [0.3, 0.4) is 0 Å². The average molecular weight is 635 g/mol. The molecule has 0 radical (unpaired) electrons. The van der Waals surface area contributed by atoms with Crippen molar-refractivity contribution in [3.8, 4) is 5.75 Å². The number of nitro groups is 1. The van der Waals surface area contributed by atoms with Crippen LogP contribution in [0.15, 0.2) is 48.5 Å². The third-order valence-electron chi connectivity index (χ3n) is 7.47. The maximum absolute atomic E-state index is 13.6. The van der Waals surface area contributed by atoms with Crippen molar-refractivity contribution >= 4 is 61.1 Å². The zero-order valence-electron chi connectivity index (χ0n) is 19.5. The van der Waals surface area contributed by atoms with Crippen LogP contribution in [0.5, 0.6) is 5.75 Å². The number of hydrazine groups is 1. The molecule has 0 N–H and O–H groups in total. The number of nitro benzene ring substituents is 1. The lowest BCUT2D eigenvalue weighted by atomic mass is 9.81. The number of alkyl halides is 2. The Balaban J connectivity index is 1.49. The molecular formula is C25H21Br2N3O7. The molecule has 2 aliphatic carbocycles. The minimum atomic E-state index is -0.781. The van der Waals surface area contributed by atoms with Crippen LogP contribution in [0, 0.1) is 33.8 Å². The molecule has 0 aromatic heterocycles. The number of non-ortho nitro benzene ring substituents is 1. The van der Waals surface area contributed by atoms with E-state index in [-0.39, 0.29) is 38.3 Å². The van der Waals surface area contributed by atoms with Gasteiger partial charge in [0.05, 0.1) is 23.9 Å². The van der Waals surface area contributed by atoms with Crippen molar-refractivity contribution in [1.82, 2.24) is 10.0 Å². The van der Waals surface area contributed by atoms with E-state index in [2.05, 4.69) is 31.9 Å². The molecule has 5 rings (SSSR count). The summed E-state index contributed by atoms with van der Waals surface area (Å²) in [6.45, 7) is -0.566.